The molecule has 1 aromatic heterocycles. The fourth-order valence-electron chi connectivity index (χ4n) is 3.28. The molecule has 4 rings (SSSR count). The smallest absolute Gasteiger partial charge is 0.160 e. The summed E-state index contributed by atoms with van der Waals surface area (Å²) in [7, 11) is 0. The highest BCUT2D eigenvalue weighted by Crippen LogP contribution is 2.36. The molecule has 0 aliphatic carbocycles. The van der Waals surface area contributed by atoms with Crippen molar-refractivity contribution < 1.29 is 4.79 Å². The Balaban J connectivity index is 1.77. The van der Waals surface area contributed by atoms with Crippen LogP contribution >= 0.6 is 11.3 Å². The molecular weight excluding hydrogens is 362 g/mol. The Bertz CT molecular complexity index is 1030. The van der Waals surface area contributed by atoms with E-state index in [1.165, 1.54) is 22.5 Å². The highest BCUT2D eigenvalue weighted by Gasteiger charge is 2.13. The monoisotopic (exact) mass is 383 g/mol. The van der Waals surface area contributed by atoms with Crippen molar-refractivity contribution in [1.82, 2.24) is 0 Å². The van der Waals surface area contributed by atoms with Crippen LogP contribution in [-0.2, 0) is 0 Å². The average Bonchev–Trinajstić information content (AvgIpc) is 3.20. The van der Waals surface area contributed by atoms with Gasteiger partial charge in [0.05, 0.1) is 4.88 Å². The van der Waals surface area contributed by atoms with Crippen LogP contribution in [-0.4, -0.2) is 6.29 Å². The number of thiophene rings is 1. The molecule has 0 unspecified atom stereocenters. The van der Waals surface area contributed by atoms with E-state index in [1.54, 1.807) is 0 Å². The summed E-state index contributed by atoms with van der Waals surface area (Å²) in [5.74, 6) is 0. The SMILES string of the molecule is Cc1ccc(N(c2ccc(C)cc2)c2ccc(-c3ccsc3C=O)cc2)cc1. The van der Waals surface area contributed by atoms with Crippen LogP contribution in [0.3, 0.4) is 0 Å². The Kier molecular flexibility index (Phi) is 5.09. The van der Waals surface area contributed by atoms with E-state index in [2.05, 4.69) is 91.5 Å². The van der Waals surface area contributed by atoms with Gasteiger partial charge >= 0.3 is 0 Å². The van der Waals surface area contributed by atoms with Crippen LogP contribution in [0.15, 0.2) is 84.2 Å². The molecule has 4 aromatic rings. The summed E-state index contributed by atoms with van der Waals surface area (Å²) in [5.41, 5.74) is 7.84. The van der Waals surface area contributed by atoms with Crippen molar-refractivity contribution in [3.63, 3.8) is 0 Å². The quantitative estimate of drug-likeness (QED) is 0.337. The molecule has 0 saturated heterocycles. The maximum absolute atomic E-state index is 11.3. The van der Waals surface area contributed by atoms with Crippen LogP contribution in [0, 0.1) is 13.8 Å². The van der Waals surface area contributed by atoms with Gasteiger partial charge in [0.2, 0.25) is 0 Å². The van der Waals surface area contributed by atoms with E-state index in [0.29, 0.717) is 0 Å². The number of aldehydes is 1. The molecule has 28 heavy (non-hydrogen) atoms. The zero-order valence-electron chi connectivity index (χ0n) is 15.9. The molecule has 0 bridgehead atoms. The average molecular weight is 384 g/mol. The molecule has 0 aliphatic rings. The van der Waals surface area contributed by atoms with Crippen LogP contribution in [0.2, 0.25) is 0 Å². The molecule has 138 valence electrons. The van der Waals surface area contributed by atoms with Crippen molar-refractivity contribution in [2.75, 3.05) is 4.90 Å². The van der Waals surface area contributed by atoms with E-state index in [9.17, 15) is 4.79 Å². The Morgan fingerprint density at radius 2 is 1.14 bits per heavy atom. The third-order valence-electron chi connectivity index (χ3n) is 4.82. The first kappa shape index (κ1) is 18.2. The highest BCUT2D eigenvalue weighted by atomic mass is 32.1. The predicted molar refractivity (Wildman–Crippen MR) is 119 cm³/mol. The number of carbonyl (C=O) groups excluding carboxylic acids is 1. The second-order valence-corrected chi connectivity index (χ2v) is 7.82. The summed E-state index contributed by atoms with van der Waals surface area (Å²) in [5, 5.41) is 1.96. The first-order valence-electron chi connectivity index (χ1n) is 9.22. The maximum Gasteiger partial charge on any atom is 0.160 e. The number of benzene rings is 3. The van der Waals surface area contributed by atoms with Gasteiger partial charge in [0.15, 0.2) is 6.29 Å². The van der Waals surface area contributed by atoms with E-state index in [1.807, 2.05) is 11.4 Å². The topological polar surface area (TPSA) is 20.3 Å². The lowest BCUT2D eigenvalue weighted by atomic mass is 10.1. The minimum atomic E-state index is 0.765. The number of nitrogens with zero attached hydrogens (tertiary/aromatic N) is 1. The number of anilines is 3. The zero-order chi connectivity index (χ0) is 19.5. The fourth-order valence-corrected chi connectivity index (χ4v) is 3.99. The van der Waals surface area contributed by atoms with Crippen molar-refractivity contribution in [3.05, 3.63) is 100 Å². The van der Waals surface area contributed by atoms with Gasteiger partial charge in [-0.25, -0.2) is 0 Å². The van der Waals surface area contributed by atoms with Crippen molar-refractivity contribution >= 4 is 34.7 Å². The number of rotatable bonds is 5. The van der Waals surface area contributed by atoms with Crippen LogP contribution in [0.4, 0.5) is 17.1 Å². The number of hydrogen-bond donors (Lipinski definition) is 0. The molecule has 0 radical (unpaired) electrons. The summed E-state index contributed by atoms with van der Waals surface area (Å²) in [6.45, 7) is 4.19. The molecule has 3 aromatic carbocycles. The molecule has 2 nitrogen and oxygen atoms in total. The highest BCUT2D eigenvalue weighted by molar-refractivity contribution is 7.12. The summed E-state index contributed by atoms with van der Waals surface area (Å²) in [6, 6.07) is 27.5. The van der Waals surface area contributed by atoms with Gasteiger partial charge in [-0.2, -0.15) is 0 Å². The van der Waals surface area contributed by atoms with Gasteiger partial charge in [0.1, 0.15) is 0 Å². The van der Waals surface area contributed by atoms with Crippen molar-refractivity contribution in [3.8, 4) is 11.1 Å². The van der Waals surface area contributed by atoms with Gasteiger partial charge in [-0.05, 0) is 67.3 Å². The lowest BCUT2D eigenvalue weighted by molar-refractivity contribution is 0.112. The molecule has 0 amide bonds. The van der Waals surface area contributed by atoms with Gasteiger partial charge < -0.3 is 4.90 Å². The molecule has 0 aliphatic heterocycles. The van der Waals surface area contributed by atoms with Gasteiger partial charge in [-0.15, -0.1) is 11.3 Å². The van der Waals surface area contributed by atoms with Crippen molar-refractivity contribution in [1.29, 1.82) is 0 Å². The third kappa shape index (κ3) is 3.62. The normalized spacial score (nSPS) is 10.6. The number of aryl methyl sites for hydroxylation is 2. The summed E-state index contributed by atoms with van der Waals surface area (Å²) >= 11 is 1.47. The van der Waals surface area contributed by atoms with Crippen molar-refractivity contribution in [2.45, 2.75) is 13.8 Å². The Morgan fingerprint density at radius 1 is 0.679 bits per heavy atom. The van der Waals surface area contributed by atoms with E-state index in [0.717, 1.165) is 39.4 Å². The van der Waals surface area contributed by atoms with Crippen LogP contribution in [0.1, 0.15) is 20.8 Å². The minimum Gasteiger partial charge on any atom is -0.311 e. The minimum absolute atomic E-state index is 0.765. The Labute approximate surface area is 169 Å². The number of carbonyl (C=O) groups is 1. The second-order valence-electron chi connectivity index (χ2n) is 6.87. The lowest BCUT2D eigenvalue weighted by Crippen LogP contribution is -2.09. The van der Waals surface area contributed by atoms with E-state index in [-0.39, 0.29) is 0 Å². The molecule has 0 N–H and O–H groups in total. The lowest BCUT2D eigenvalue weighted by Gasteiger charge is -2.26. The van der Waals surface area contributed by atoms with Crippen LogP contribution in [0.25, 0.3) is 11.1 Å². The van der Waals surface area contributed by atoms with Gasteiger partial charge in [0, 0.05) is 22.6 Å². The number of hydrogen-bond acceptors (Lipinski definition) is 3. The fraction of sp³-hybridized carbons (Fsp3) is 0.0800. The van der Waals surface area contributed by atoms with Gasteiger partial charge in [-0.1, -0.05) is 47.5 Å². The Morgan fingerprint density at radius 3 is 1.61 bits per heavy atom. The standard InChI is InChI=1S/C25H21NOS/c1-18-3-9-21(10-4-18)26(22-11-5-19(2)6-12-22)23-13-7-20(8-14-23)24-15-16-28-25(24)17-27/h3-17H,1-2H3. The zero-order valence-corrected chi connectivity index (χ0v) is 16.7. The van der Waals surface area contributed by atoms with Crippen LogP contribution in [0.5, 0.6) is 0 Å². The van der Waals surface area contributed by atoms with E-state index in [4.69, 9.17) is 0 Å². The molecule has 3 heteroatoms. The first-order valence-corrected chi connectivity index (χ1v) is 10.1. The van der Waals surface area contributed by atoms with Gasteiger partial charge in [0.25, 0.3) is 0 Å². The third-order valence-corrected chi connectivity index (χ3v) is 5.67. The van der Waals surface area contributed by atoms with E-state index < -0.39 is 0 Å². The molecule has 0 spiro atoms. The van der Waals surface area contributed by atoms with E-state index >= 15 is 0 Å². The Hall–Kier alpha value is -3.17. The van der Waals surface area contributed by atoms with Crippen molar-refractivity contribution in [2.24, 2.45) is 0 Å². The molecule has 0 fully saturated rings. The summed E-state index contributed by atoms with van der Waals surface area (Å²) in [4.78, 5) is 14.3. The van der Waals surface area contributed by atoms with Crippen LogP contribution < -0.4 is 4.90 Å². The molecule has 0 atom stereocenters. The predicted octanol–water partition coefficient (Wildman–Crippen LogP) is 7.31. The maximum atomic E-state index is 11.3. The van der Waals surface area contributed by atoms with Gasteiger partial charge in [-0.3, -0.25) is 4.79 Å². The molecule has 1 heterocycles. The summed E-state index contributed by atoms with van der Waals surface area (Å²) in [6.07, 6.45) is 0.929. The largest absolute Gasteiger partial charge is 0.311 e. The molecular formula is C25H21NOS. The molecule has 0 saturated carbocycles. The summed E-state index contributed by atoms with van der Waals surface area (Å²) < 4.78 is 0. The first-order chi connectivity index (χ1) is 13.7. The second kappa shape index (κ2) is 7.83.